The van der Waals surface area contributed by atoms with E-state index >= 15 is 0 Å². The van der Waals surface area contributed by atoms with E-state index in [0.29, 0.717) is 11.9 Å². The van der Waals surface area contributed by atoms with Crippen LogP contribution in [0.25, 0.3) is 10.9 Å². The zero-order valence-electron chi connectivity index (χ0n) is 18.4. The van der Waals surface area contributed by atoms with E-state index in [1.165, 1.54) is 0 Å². The first-order valence-corrected chi connectivity index (χ1v) is 10.8. The summed E-state index contributed by atoms with van der Waals surface area (Å²) >= 11 is 0. The van der Waals surface area contributed by atoms with Crippen molar-refractivity contribution in [3.63, 3.8) is 0 Å². The Labute approximate surface area is 191 Å². The van der Waals surface area contributed by atoms with Gasteiger partial charge < -0.3 is 19.7 Å². The van der Waals surface area contributed by atoms with Crippen molar-refractivity contribution in [3.05, 3.63) is 59.8 Å². The Hall–Kier alpha value is -3.88. The van der Waals surface area contributed by atoms with Gasteiger partial charge in [0.05, 0.1) is 19.0 Å². The van der Waals surface area contributed by atoms with Gasteiger partial charge in [0.15, 0.2) is 12.3 Å². The second kappa shape index (κ2) is 10.2. The van der Waals surface area contributed by atoms with Crippen LogP contribution in [-0.4, -0.2) is 59.2 Å². The van der Waals surface area contributed by atoms with Crippen molar-refractivity contribution < 1.29 is 23.9 Å². The molecule has 0 unspecified atom stereocenters. The minimum atomic E-state index is -0.546. The molecule has 172 valence electrons. The van der Waals surface area contributed by atoms with Gasteiger partial charge in [-0.3, -0.25) is 19.5 Å². The number of methoxy groups -OCH3 is 1. The molecule has 1 aromatic heterocycles. The maximum atomic E-state index is 12.7. The first-order chi connectivity index (χ1) is 16.0. The number of carbonyl (C=O) groups excluding carboxylic acids is 3. The molecule has 4 rings (SSSR count). The predicted octanol–water partition coefficient (Wildman–Crippen LogP) is 2.43. The number of amides is 2. The lowest BCUT2D eigenvalue weighted by atomic mass is 10.2. The average molecular weight is 450 g/mol. The van der Waals surface area contributed by atoms with Gasteiger partial charge in [-0.15, -0.1) is 0 Å². The van der Waals surface area contributed by atoms with Gasteiger partial charge in [-0.25, -0.2) is 0 Å². The molecule has 0 atom stereocenters. The van der Waals surface area contributed by atoms with E-state index in [2.05, 4.69) is 15.5 Å². The van der Waals surface area contributed by atoms with E-state index in [4.69, 9.17) is 9.47 Å². The topological polar surface area (TPSA) is 114 Å². The monoisotopic (exact) mass is 450 g/mol. The summed E-state index contributed by atoms with van der Waals surface area (Å²) in [5, 5.41) is 10.2. The summed E-state index contributed by atoms with van der Waals surface area (Å²) in [5.74, 6) is -0.398. The van der Waals surface area contributed by atoms with Crippen molar-refractivity contribution in [2.75, 3.05) is 20.3 Å². The number of H-pyrrole nitrogens is 1. The standard InChI is InChI=1S/C24H26N4O5/c1-32-18-10-6-16(7-11-18)14-28(17-8-9-17)21(29)15-33-22(30)12-13-25-24(31)23-19-4-2-3-5-20(19)26-27-23/h2-7,10-11,17H,8-9,12-15H2,1H3,(H,25,31)(H,26,27). The number of nitrogens with zero attached hydrogens (tertiary/aromatic N) is 2. The van der Waals surface area contributed by atoms with E-state index in [0.717, 1.165) is 29.7 Å². The summed E-state index contributed by atoms with van der Waals surface area (Å²) in [5.41, 5.74) is 2.01. The molecule has 1 aliphatic rings. The third-order valence-electron chi connectivity index (χ3n) is 5.48. The molecule has 9 nitrogen and oxygen atoms in total. The van der Waals surface area contributed by atoms with Crippen LogP contribution in [0.3, 0.4) is 0 Å². The lowest BCUT2D eigenvalue weighted by Gasteiger charge is -2.22. The summed E-state index contributed by atoms with van der Waals surface area (Å²) in [6, 6.07) is 15.0. The number of esters is 1. The molecule has 2 aromatic carbocycles. The van der Waals surface area contributed by atoms with Gasteiger partial charge in [0.2, 0.25) is 0 Å². The minimum absolute atomic E-state index is 0.0384. The molecule has 2 N–H and O–H groups in total. The van der Waals surface area contributed by atoms with E-state index in [1.54, 1.807) is 18.1 Å². The Morgan fingerprint density at radius 2 is 1.88 bits per heavy atom. The minimum Gasteiger partial charge on any atom is -0.497 e. The Morgan fingerprint density at radius 3 is 2.61 bits per heavy atom. The van der Waals surface area contributed by atoms with Crippen molar-refractivity contribution in [1.29, 1.82) is 0 Å². The molecule has 3 aromatic rings. The SMILES string of the molecule is COc1ccc(CN(C(=O)COC(=O)CCNC(=O)c2n[nH]c3ccccc23)C2CC2)cc1. The Balaban J connectivity index is 1.22. The second-order valence-corrected chi connectivity index (χ2v) is 7.89. The molecule has 0 saturated heterocycles. The van der Waals surface area contributed by atoms with Gasteiger partial charge in [0, 0.05) is 24.5 Å². The van der Waals surface area contributed by atoms with E-state index in [1.807, 2.05) is 42.5 Å². The van der Waals surface area contributed by atoms with Crippen LogP contribution in [0.1, 0.15) is 35.3 Å². The van der Waals surface area contributed by atoms with Crippen LogP contribution in [0.4, 0.5) is 0 Å². The fraction of sp³-hybridized carbons (Fsp3) is 0.333. The average Bonchev–Trinajstić information content (AvgIpc) is 3.59. The normalized spacial score (nSPS) is 12.9. The Morgan fingerprint density at radius 1 is 1.12 bits per heavy atom. The smallest absolute Gasteiger partial charge is 0.308 e. The molecule has 33 heavy (non-hydrogen) atoms. The highest BCUT2D eigenvalue weighted by molar-refractivity contribution is 6.04. The van der Waals surface area contributed by atoms with Crippen molar-refractivity contribution >= 4 is 28.7 Å². The molecule has 0 radical (unpaired) electrons. The molecule has 1 fully saturated rings. The van der Waals surface area contributed by atoms with Gasteiger partial charge in [-0.1, -0.05) is 30.3 Å². The number of hydrogen-bond donors (Lipinski definition) is 2. The lowest BCUT2D eigenvalue weighted by molar-refractivity contribution is -0.152. The zero-order valence-corrected chi connectivity index (χ0v) is 18.4. The molecule has 1 saturated carbocycles. The number of aromatic amines is 1. The number of carbonyl (C=O) groups is 3. The maximum Gasteiger partial charge on any atom is 0.308 e. The van der Waals surface area contributed by atoms with Crippen LogP contribution in [0.2, 0.25) is 0 Å². The molecule has 1 aliphatic carbocycles. The second-order valence-electron chi connectivity index (χ2n) is 7.89. The quantitative estimate of drug-likeness (QED) is 0.459. The zero-order chi connectivity index (χ0) is 23.2. The van der Waals surface area contributed by atoms with Crippen LogP contribution in [0, 0.1) is 0 Å². The third-order valence-corrected chi connectivity index (χ3v) is 5.48. The van der Waals surface area contributed by atoms with E-state index in [9.17, 15) is 14.4 Å². The van der Waals surface area contributed by atoms with Gasteiger partial charge in [-0.2, -0.15) is 5.10 Å². The van der Waals surface area contributed by atoms with Crippen molar-refractivity contribution in [2.24, 2.45) is 0 Å². The number of para-hydroxylation sites is 1. The molecular weight excluding hydrogens is 424 g/mol. The molecule has 1 heterocycles. The first-order valence-electron chi connectivity index (χ1n) is 10.8. The Bertz CT molecular complexity index is 1140. The highest BCUT2D eigenvalue weighted by Gasteiger charge is 2.33. The summed E-state index contributed by atoms with van der Waals surface area (Å²) in [6.07, 6.45) is 1.86. The maximum absolute atomic E-state index is 12.7. The lowest BCUT2D eigenvalue weighted by Crippen LogP contribution is -2.36. The van der Waals surface area contributed by atoms with Crippen molar-refractivity contribution in [1.82, 2.24) is 20.4 Å². The fourth-order valence-corrected chi connectivity index (χ4v) is 3.53. The van der Waals surface area contributed by atoms with Gasteiger partial charge >= 0.3 is 5.97 Å². The number of rotatable bonds is 10. The number of ether oxygens (including phenoxy) is 2. The highest BCUT2D eigenvalue weighted by Crippen LogP contribution is 2.29. The molecule has 0 spiro atoms. The molecule has 0 bridgehead atoms. The summed E-state index contributed by atoms with van der Waals surface area (Å²) in [6.45, 7) is 0.230. The summed E-state index contributed by atoms with van der Waals surface area (Å²) in [7, 11) is 1.61. The molecule has 9 heteroatoms. The number of aromatic nitrogens is 2. The van der Waals surface area contributed by atoms with Crippen molar-refractivity contribution in [2.45, 2.75) is 31.8 Å². The summed E-state index contributed by atoms with van der Waals surface area (Å²) in [4.78, 5) is 38.8. The molecule has 0 aliphatic heterocycles. The third kappa shape index (κ3) is 5.68. The molecular formula is C24H26N4O5. The fourth-order valence-electron chi connectivity index (χ4n) is 3.53. The van der Waals surface area contributed by atoms with Crippen molar-refractivity contribution in [3.8, 4) is 5.75 Å². The van der Waals surface area contributed by atoms with Crippen LogP contribution < -0.4 is 10.1 Å². The van der Waals surface area contributed by atoms with Gasteiger partial charge in [-0.05, 0) is 36.6 Å². The van der Waals surface area contributed by atoms with E-state index in [-0.39, 0.29) is 43.1 Å². The largest absolute Gasteiger partial charge is 0.497 e. The van der Waals surface area contributed by atoms with E-state index < -0.39 is 5.97 Å². The Kier molecular flexibility index (Phi) is 6.87. The first kappa shape index (κ1) is 22.3. The van der Waals surface area contributed by atoms with Crippen LogP contribution >= 0.6 is 0 Å². The number of hydrogen-bond acceptors (Lipinski definition) is 6. The van der Waals surface area contributed by atoms with Crippen LogP contribution in [0.5, 0.6) is 5.75 Å². The van der Waals surface area contributed by atoms with Gasteiger partial charge in [0.25, 0.3) is 11.8 Å². The number of fused-ring (bicyclic) bond motifs is 1. The van der Waals surface area contributed by atoms with Crippen LogP contribution in [-0.2, 0) is 20.9 Å². The van der Waals surface area contributed by atoms with Crippen LogP contribution in [0.15, 0.2) is 48.5 Å². The number of nitrogens with one attached hydrogen (secondary N) is 2. The summed E-state index contributed by atoms with van der Waals surface area (Å²) < 4.78 is 10.3. The highest BCUT2D eigenvalue weighted by atomic mass is 16.5. The number of benzene rings is 2. The predicted molar refractivity (Wildman–Crippen MR) is 121 cm³/mol. The van der Waals surface area contributed by atoms with Gasteiger partial charge in [0.1, 0.15) is 5.75 Å². The molecule has 2 amide bonds.